The van der Waals surface area contributed by atoms with Gasteiger partial charge in [-0.1, -0.05) is 12.1 Å². The number of sulfonamides is 1. The second-order valence-corrected chi connectivity index (χ2v) is 9.52. The number of rotatable bonds is 5. The first-order valence-corrected chi connectivity index (χ1v) is 11.6. The van der Waals surface area contributed by atoms with Gasteiger partial charge in [0, 0.05) is 17.6 Å². The maximum Gasteiger partial charge on any atom is 0.338 e. The number of fused-ring (bicyclic) bond motifs is 1. The monoisotopic (exact) mass is 497 g/mol. The van der Waals surface area contributed by atoms with Crippen molar-refractivity contribution in [1.82, 2.24) is 4.31 Å². The van der Waals surface area contributed by atoms with Gasteiger partial charge in [0.15, 0.2) is 17.6 Å². The van der Waals surface area contributed by atoms with Crippen molar-refractivity contribution < 1.29 is 32.2 Å². The molecule has 1 saturated heterocycles. The number of halogens is 1. The van der Waals surface area contributed by atoms with Crippen LogP contribution < -0.4 is 9.47 Å². The molecule has 30 heavy (non-hydrogen) atoms. The van der Waals surface area contributed by atoms with Crippen LogP contribution in [0.2, 0.25) is 0 Å². The second kappa shape index (κ2) is 8.93. The number of carbonyl (C=O) groups is 1. The fraction of sp³-hybridized carbons (Fsp3) is 0.350. The van der Waals surface area contributed by atoms with Crippen molar-refractivity contribution >= 4 is 31.9 Å². The van der Waals surface area contributed by atoms with Crippen molar-refractivity contribution in [3.8, 4) is 11.5 Å². The molecular weight excluding hydrogens is 478 g/mol. The highest BCUT2D eigenvalue weighted by Gasteiger charge is 2.29. The van der Waals surface area contributed by atoms with Crippen molar-refractivity contribution in [3.05, 3.63) is 52.5 Å². The summed E-state index contributed by atoms with van der Waals surface area (Å²) in [5.74, 6) is 0.599. The molecule has 0 bridgehead atoms. The van der Waals surface area contributed by atoms with Gasteiger partial charge in [-0.2, -0.15) is 4.31 Å². The van der Waals surface area contributed by atoms with Crippen molar-refractivity contribution in [2.45, 2.75) is 11.0 Å². The van der Waals surface area contributed by atoms with Crippen molar-refractivity contribution in [2.75, 3.05) is 39.5 Å². The molecule has 0 aliphatic carbocycles. The van der Waals surface area contributed by atoms with E-state index < -0.39 is 22.1 Å². The van der Waals surface area contributed by atoms with Gasteiger partial charge in [-0.15, -0.1) is 0 Å². The lowest BCUT2D eigenvalue weighted by molar-refractivity contribution is 0.0109. The molecule has 8 nitrogen and oxygen atoms in total. The minimum Gasteiger partial charge on any atom is -0.486 e. The maximum absolute atomic E-state index is 13.0. The molecule has 0 amide bonds. The Morgan fingerprint density at radius 1 is 1.13 bits per heavy atom. The van der Waals surface area contributed by atoms with Crippen molar-refractivity contribution in [1.29, 1.82) is 0 Å². The van der Waals surface area contributed by atoms with E-state index >= 15 is 0 Å². The van der Waals surface area contributed by atoms with Crippen LogP contribution in [-0.2, 0) is 19.5 Å². The molecule has 2 heterocycles. The first-order valence-electron chi connectivity index (χ1n) is 9.38. The lowest BCUT2D eigenvalue weighted by atomic mass is 10.2. The van der Waals surface area contributed by atoms with Crippen LogP contribution in [0, 0.1) is 0 Å². The van der Waals surface area contributed by atoms with Crippen LogP contribution in [0.3, 0.4) is 0 Å². The average molecular weight is 498 g/mol. The van der Waals surface area contributed by atoms with Gasteiger partial charge >= 0.3 is 5.97 Å². The Bertz CT molecular complexity index is 1040. The predicted molar refractivity (Wildman–Crippen MR) is 110 cm³/mol. The molecule has 0 saturated carbocycles. The fourth-order valence-corrected chi connectivity index (χ4v) is 5.51. The van der Waals surface area contributed by atoms with E-state index in [1.165, 1.54) is 22.5 Å². The third-order valence-corrected chi connectivity index (χ3v) is 7.62. The van der Waals surface area contributed by atoms with Gasteiger partial charge in [-0.05, 0) is 46.3 Å². The number of hydrogen-bond acceptors (Lipinski definition) is 7. The molecule has 0 aromatic heterocycles. The Morgan fingerprint density at radius 3 is 2.63 bits per heavy atom. The molecule has 2 aliphatic heterocycles. The van der Waals surface area contributed by atoms with Crippen molar-refractivity contribution in [3.63, 3.8) is 0 Å². The Kier molecular flexibility index (Phi) is 6.28. The summed E-state index contributed by atoms with van der Waals surface area (Å²) >= 11 is 3.27. The lowest BCUT2D eigenvalue weighted by Gasteiger charge is -2.27. The summed E-state index contributed by atoms with van der Waals surface area (Å²) in [6.07, 6.45) is -0.448. The Balaban J connectivity index is 1.44. The molecule has 2 aliphatic rings. The van der Waals surface area contributed by atoms with Crippen LogP contribution in [-0.4, -0.2) is 64.3 Å². The molecule has 10 heteroatoms. The predicted octanol–water partition coefficient (Wildman–Crippen LogP) is 2.47. The number of morpholine rings is 1. The van der Waals surface area contributed by atoms with E-state index in [0.717, 1.165) is 0 Å². The highest BCUT2D eigenvalue weighted by Crippen LogP contribution is 2.31. The molecule has 0 radical (unpaired) electrons. The zero-order valence-corrected chi connectivity index (χ0v) is 18.4. The van der Waals surface area contributed by atoms with E-state index in [1.54, 1.807) is 12.1 Å². The molecular formula is C20H20BrNO7S. The number of nitrogens with zero attached hydrogens (tertiary/aromatic N) is 1. The molecule has 0 unspecified atom stereocenters. The highest BCUT2D eigenvalue weighted by molar-refractivity contribution is 9.10. The molecule has 4 rings (SSSR count). The maximum atomic E-state index is 13.0. The second-order valence-electron chi connectivity index (χ2n) is 6.76. The number of ether oxygens (including phenoxy) is 4. The minimum atomic E-state index is -3.76. The van der Waals surface area contributed by atoms with Gasteiger partial charge in [-0.25, -0.2) is 13.2 Å². The van der Waals surface area contributed by atoms with Gasteiger partial charge in [0.1, 0.15) is 13.2 Å². The van der Waals surface area contributed by atoms with Gasteiger partial charge < -0.3 is 18.9 Å². The van der Waals surface area contributed by atoms with Crippen LogP contribution in [0.15, 0.2) is 51.8 Å². The quantitative estimate of drug-likeness (QED) is 0.585. The normalized spacial score (nSPS) is 19.3. The van der Waals surface area contributed by atoms with E-state index in [-0.39, 0.29) is 36.8 Å². The van der Waals surface area contributed by atoms with Gasteiger partial charge in [0.25, 0.3) is 0 Å². The summed E-state index contributed by atoms with van der Waals surface area (Å²) in [5.41, 5.74) is 0.141. The van der Waals surface area contributed by atoms with Crippen molar-refractivity contribution in [2.24, 2.45) is 0 Å². The summed E-state index contributed by atoms with van der Waals surface area (Å²) in [7, 11) is -3.76. The zero-order chi connectivity index (χ0) is 21.1. The number of benzene rings is 2. The number of carbonyl (C=O) groups excluding carboxylic acids is 1. The summed E-state index contributed by atoms with van der Waals surface area (Å²) < 4.78 is 49.6. The Hall–Kier alpha value is -2.14. The van der Waals surface area contributed by atoms with E-state index in [9.17, 15) is 13.2 Å². The molecule has 0 N–H and O–H groups in total. The highest BCUT2D eigenvalue weighted by atomic mass is 79.9. The summed E-state index contributed by atoms with van der Waals surface area (Å²) in [4.78, 5) is 12.6. The third kappa shape index (κ3) is 4.46. The SMILES string of the molecule is O=C(OC[C@@H]1COc2ccccc2O1)c1ccc(Br)c(S(=O)(=O)N2CCOCC2)c1. The summed E-state index contributed by atoms with van der Waals surface area (Å²) in [6.45, 7) is 1.44. The van der Waals surface area contributed by atoms with Crippen LogP contribution in [0.25, 0.3) is 0 Å². The van der Waals surface area contributed by atoms with E-state index in [1.807, 2.05) is 12.1 Å². The van der Waals surface area contributed by atoms with E-state index in [4.69, 9.17) is 18.9 Å². The third-order valence-electron chi connectivity index (χ3n) is 4.72. The van der Waals surface area contributed by atoms with Crippen LogP contribution in [0.4, 0.5) is 0 Å². The standard InChI is InChI=1S/C20H20BrNO7S/c21-16-6-5-14(11-19(16)30(24,25)22-7-9-26-10-8-22)20(23)28-13-15-12-27-17-3-1-2-4-18(17)29-15/h1-6,11,15H,7-10,12-13H2/t15-/m0/s1. The van der Waals surface area contributed by atoms with Gasteiger partial charge in [0.05, 0.1) is 23.7 Å². The van der Waals surface area contributed by atoms with Gasteiger partial charge in [0.2, 0.25) is 10.0 Å². The fourth-order valence-electron chi connectivity index (χ4n) is 3.15. The lowest BCUT2D eigenvalue weighted by Crippen LogP contribution is -2.40. The summed E-state index contributed by atoms with van der Waals surface area (Å²) in [5, 5.41) is 0. The summed E-state index contributed by atoms with van der Waals surface area (Å²) in [6, 6.07) is 11.6. The molecule has 1 fully saturated rings. The number of para-hydroxylation sites is 2. The number of hydrogen-bond donors (Lipinski definition) is 0. The topological polar surface area (TPSA) is 91.4 Å². The van der Waals surface area contributed by atoms with Gasteiger partial charge in [-0.3, -0.25) is 0 Å². The largest absolute Gasteiger partial charge is 0.486 e. The molecule has 0 spiro atoms. The Labute approximate surface area is 182 Å². The molecule has 2 aromatic carbocycles. The minimum absolute atomic E-state index is 0.0185. The van der Waals surface area contributed by atoms with Crippen LogP contribution in [0.5, 0.6) is 11.5 Å². The van der Waals surface area contributed by atoms with E-state index in [0.29, 0.717) is 29.2 Å². The molecule has 1 atom stereocenters. The molecule has 2 aromatic rings. The first-order chi connectivity index (χ1) is 14.4. The smallest absolute Gasteiger partial charge is 0.338 e. The van der Waals surface area contributed by atoms with Crippen LogP contribution in [0.1, 0.15) is 10.4 Å². The zero-order valence-electron chi connectivity index (χ0n) is 16.0. The van der Waals surface area contributed by atoms with E-state index in [2.05, 4.69) is 15.9 Å². The molecule has 160 valence electrons. The first kappa shape index (κ1) is 21.1. The Morgan fingerprint density at radius 2 is 1.87 bits per heavy atom. The number of esters is 1. The van der Waals surface area contributed by atoms with Crippen LogP contribution >= 0.6 is 15.9 Å². The average Bonchev–Trinajstić information content (AvgIpc) is 2.78.